The fraction of sp³-hybridized carbons (Fsp3) is 0.348. The van der Waals surface area contributed by atoms with Crippen LogP contribution in [-0.4, -0.2) is 56.8 Å². The third-order valence-electron chi connectivity index (χ3n) is 5.10. The zero-order chi connectivity index (χ0) is 24.4. The van der Waals surface area contributed by atoms with Crippen LogP contribution < -0.4 is 10.0 Å². The van der Waals surface area contributed by atoms with E-state index in [9.17, 15) is 22.8 Å². The number of benzene rings is 2. The van der Waals surface area contributed by atoms with Crippen LogP contribution in [0.15, 0.2) is 47.4 Å². The van der Waals surface area contributed by atoms with Crippen molar-refractivity contribution in [2.75, 3.05) is 20.3 Å². The van der Waals surface area contributed by atoms with Crippen LogP contribution in [0, 0.1) is 0 Å². The highest BCUT2D eigenvalue weighted by Crippen LogP contribution is 2.29. The lowest BCUT2D eigenvalue weighted by Crippen LogP contribution is -2.45. The predicted octanol–water partition coefficient (Wildman–Crippen LogP) is 1.94. The molecule has 0 saturated carbocycles. The van der Waals surface area contributed by atoms with E-state index in [1.54, 1.807) is 32.9 Å². The molecule has 2 N–H and O–H groups in total. The van der Waals surface area contributed by atoms with Crippen LogP contribution in [0.4, 0.5) is 0 Å². The summed E-state index contributed by atoms with van der Waals surface area (Å²) in [4.78, 5) is 39.2. The number of hydrogen-bond donors (Lipinski definition) is 2. The zero-order valence-electron chi connectivity index (χ0n) is 19.0. The van der Waals surface area contributed by atoms with Crippen molar-refractivity contribution in [1.82, 2.24) is 14.9 Å². The van der Waals surface area contributed by atoms with Crippen LogP contribution in [0.25, 0.3) is 0 Å². The first-order chi connectivity index (χ1) is 15.5. The normalized spacial score (nSPS) is 13.9. The van der Waals surface area contributed by atoms with Gasteiger partial charge < -0.3 is 10.1 Å². The topological polar surface area (TPSA) is 122 Å². The summed E-state index contributed by atoms with van der Waals surface area (Å²) in [6.45, 7) is 5.91. The smallest absolute Gasteiger partial charge is 0.262 e. The van der Waals surface area contributed by atoms with Gasteiger partial charge in [-0.1, -0.05) is 12.1 Å². The molecule has 2 aromatic carbocycles. The van der Waals surface area contributed by atoms with Crippen molar-refractivity contribution in [3.63, 3.8) is 0 Å². The van der Waals surface area contributed by atoms with E-state index in [1.165, 1.54) is 42.3 Å². The van der Waals surface area contributed by atoms with Gasteiger partial charge in [-0.05, 0) is 56.7 Å². The highest BCUT2D eigenvalue weighted by Gasteiger charge is 2.42. The largest absolute Gasteiger partial charge is 0.383 e. The van der Waals surface area contributed by atoms with Crippen LogP contribution >= 0.6 is 0 Å². The van der Waals surface area contributed by atoms with Gasteiger partial charge in [-0.3, -0.25) is 19.3 Å². The van der Waals surface area contributed by atoms with Gasteiger partial charge in [-0.2, -0.15) is 0 Å². The Balaban J connectivity index is 1.66. The predicted molar refractivity (Wildman–Crippen MR) is 121 cm³/mol. The van der Waals surface area contributed by atoms with E-state index in [2.05, 4.69) is 10.0 Å². The van der Waals surface area contributed by atoms with Crippen molar-refractivity contribution >= 4 is 27.7 Å². The Morgan fingerprint density at radius 2 is 1.64 bits per heavy atom. The molecule has 0 fully saturated rings. The SMILES string of the molecule is COCCNS(=O)(=O)c1ccc(CNC(=O)c2ccc3c(c2)C(=O)N(C(C)(C)C)C3=O)cc1. The van der Waals surface area contributed by atoms with Crippen LogP contribution in [0.2, 0.25) is 0 Å². The monoisotopic (exact) mass is 473 g/mol. The highest BCUT2D eigenvalue weighted by molar-refractivity contribution is 7.89. The molecule has 0 saturated heterocycles. The van der Waals surface area contributed by atoms with E-state index < -0.39 is 27.4 Å². The number of sulfonamides is 1. The molecule has 0 unspecified atom stereocenters. The number of rotatable bonds is 8. The number of hydrogen-bond acceptors (Lipinski definition) is 6. The van der Waals surface area contributed by atoms with Gasteiger partial charge in [0.1, 0.15) is 0 Å². The van der Waals surface area contributed by atoms with Crippen molar-refractivity contribution in [3.05, 3.63) is 64.7 Å². The summed E-state index contributed by atoms with van der Waals surface area (Å²) in [6.07, 6.45) is 0. The molecular formula is C23H27N3O6S. The van der Waals surface area contributed by atoms with Gasteiger partial charge in [0.2, 0.25) is 10.0 Å². The molecule has 0 atom stereocenters. The number of carbonyl (C=O) groups is 3. The summed E-state index contributed by atoms with van der Waals surface area (Å²) < 4.78 is 31.7. The lowest BCUT2D eigenvalue weighted by atomic mass is 10.1. The van der Waals surface area contributed by atoms with Crippen molar-refractivity contribution < 1.29 is 27.5 Å². The minimum atomic E-state index is -3.64. The van der Waals surface area contributed by atoms with Crippen molar-refractivity contribution in [1.29, 1.82) is 0 Å². The Morgan fingerprint density at radius 1 is 1.00 bits per heavy atom. The summed E-state index contributed by atoms with van der Waals surface area (Å²) in [5.41, 5.74) is 0.771. The molecule has 2 aromatic rings. The van der Waals surface area contributed by atoms with E-state index in [4.69, 9.17) is 4.74 Å². The van der Waals surface area contributed by atoms with Crippen LogP contribution in [0.1, 0.15) is 57.4 Å². The van der Waals surface area contributed by atoms with E-state index in [1.807, 2.05) is 0 Å². The Hall–Kier alpha value is -3.08. The highest BCUT2D eigenvalue weighted by atomic mass is 32.2. The minimum absolute atomic E-state index is 0.110. The fourth-order valence-corrected chi connectivity index (χ4v) is 4.44. The summed E-state index contributed by atoms with van der Waals surface area (Å²) in [6, 6.07) is 10.6. The second-order valence-electron chi connectivity index (χ2n) is 8.59. The number of fused-ring (bicyclic) bond motifs is 1. The van der Waals surface area contributed by atoms with E-state index in [-0.39, 0.29) is 47.2 Å². The lowest BCUT2D eigenvalue weighted by molar-refractivity contribution is 0.0507. The Morgan fingerprint density at radius 3 is 2.24 bits per heavy atom. The second kappa shape index (κ2) is 9.42. The number of amides is 3. The number of imide groups is 1. The van der Waals surface area contributed by atoms with Gasteiger partial charge in [0.25, 0.3) is 17.7 Å². The van der Waals surface area contributed by atoms with Crippen molar-refractivity contribution in [2.45, 2.75) is 37.8 Å². The molecule has 10 heteroatoms. The molecule has 1 aliphatic rings. The zero-order valence-corrected chi connectivity index (χ0v) is 19.8. The molecule has 9 nitrogen and oxygen atoms in total. The first-order valence-electron chi connectivity index (χ1n) is 10.3. The molecular weight excluding hydrogens is 446 g/mol. The third-order valence-corrected chi connectivity index (χ3v) is 6.58. The average molecular weight is 474 g/mol. The molecule has 33 heavy (non-hydrogen) atoms. The van der Waals surface area contributed by atoms with Gasteiger partial charge in [-0.15, -0.1) is 0 Å². The molecule has 0 radical (unpaired) electrons. The van der Waals surface area contributed by atoms with Crippen LogP contribution in [0.3, 0.4) is 0 Å². The first kappa shape index (κ1) is 24.6. The number of carbonyl (C=O) groups excluding carboxylic acids is 3. The number of ether oxygens (including phenoxy) is 1. The molecule has 0 spiro atoms. The molecule has 3 rings (SSSR count). The first-order valence-corrected chi connectivity index (χ1v) is 11.8. The van der Waals surface area contributed by atoms with Gasteiger partial charge >= 0.3 is 0 Å². The van der Waals surface area contributed by atoms with E-state index in [0.29, 0.717) is 5.56 Å². The van der Waals surface area contributed by atoms with Gasteiger partial charge in [0.05, 0.1) is 22.6 Å². The Bertz CT molecular complexity index is 1180. The van der Waals surface area contributed by atoms with Gasteiger partial charge in [0.15, 0.2) is 0 Å². The van der Waals surface area contributed by atoms with Crippen molar-refractivity contribution in [3.8, 4) is 0 Å². The van der Waals surface area contributed by atoms with Crippen molar-refractivity contribution in [2.24, 2.45) is 0 Å². The van der Waals surface area contributed by atoms with E-state index >= 15 is 0 Å². The molecule has 1 heterocycles. The van der Waals surface area contributed by atoms with Crippen LogP contribution in [0.5, 0.6) is 0 Å². The van der Waals surface area contributed by atoms with E-state index in [0.717, 1.165) is 0 Å². The molecule has 1 aliphatic heterocycles. The molecule has 0 aliphatic carbocycles. The minimum Gasteiger partial charge on any atom is -0.383 e. The molecule has 3 amide bonds. The van der Waals surface area contributed by atoms with Crippen LogP contribution in [-0.2, 0) is 21.3 Å². The Labute approximate surface area is 193 Å². The summed E-state index contributed by atoms with van der Waals surface area (Å²) >= 11 is 0. The maximum atomic E-state index is 12.7. The maximum absolute atomic E-state index is 12.7. The summed E-state index contributed by atoms with van der Waals surface area (Å²) in [5.74, 6) is -1.21. The summed E-state index contributed by atoms with van der Waals surface area (Å²) in [5, 5.41) is 2.74. The van der Waals surface area contributed by atoms with Gasteiger partial charge in [-0.25, -0.2) is 13.1 Å². The van der Waals surface area contributed by atoms with Gasteiger partial charge in [0, 0.05) is 31.3 Å². The lowest BCUT2D eigenvalue weighted by Gasteiger charge is -2.29. The molecule has 176 valence electrons. The molecule has 0 aromatic heterocycles. The third kappa shape index (κ3) is 5.29. The quantitative estimate of drug-likeness (QED) is 0.446. The number of methoxy groups -OCH3 is 1. The maximum Gasteiger partial charge on any atom is 0.262 e. The molecule has 0 bridgehead atoms. The average Bonchev–Trinajstić information content (AvgIpc) is 3.02. The second-order valence-corrected chi connectivity index (χ2v) is 10.4. The summed E-state index contributed by atoms with van der Waals surface area (Å²) in [7, 11) is -2.15. The fourth-order valence-electron chi connectivity index (χ4n) is 3.42. The number of nitrogens with one attached hydrogen (secondary N) is 2. The number of nitrogens with zero attached hydrogens (tertiary/aromatic N) is 1. The standard InChI is InChI=1S/C23H27N3O6S/c1-23(2,3)26-21(28)18-10-7-16(13-19(18)22(26)29)20(27)24-14-15-5-8-17(9-6-15)33(30,31)25-11-12-32-4/h5-10,13,25H,11-12,14H2,1-4H3,(H,24,27). The Kier molecular flexibility index (Phi) is 7.01.